The van der Waals surface area contributed by atoms with Crippen LogP contribution >= 0.6 is 11.6 Å². The number of benzene rings is 1. The standard InChI is InChI=1S/C16H21ClN2O2/c1-16(5-7-21-8-6-16)11-19-14-4-3-12(20-2)9-13(14)18-15(19)10-17/h3-4,9H,5-8,10-11H2,1-2H3. The maximum Gasteiger partial charge on any atom is 0.124 e. The molecule has 1 fully saturated rings. The molecule has 0 amide bonds. The predicted octanol–water partition coefficient (Wildman–Crippen LogP) is 3.60. The fourth-order valence-electron chi connectivity index (χ4n) is 2.97. The Bertz CT molecular complexity index is 632. The highest BCUT2D eigenvalue weighted by Crippen LogP contribution is 2.34. The molecule has 1 aromatic heterocycles. The lowest BCUT2D eigenvalue weighted by Gasteiger charge is -2.34. The van der Waals surface area contributed by atoms with Crippen LogP contribution in [0.15, 0.2) is 18.2 Å². The van der Waals surface area contributed by atoms with Crippen LogP contribution in [0, 0.1) is 5.41 Å². The highest BCUT2D eigenvalue weighted by molar-refractivity contribution is 6.16. The van der Waals surface area contributed by atoms with Gasteiger partial charge < -0.3 is 14.0 Å². The summed E-state index contributed by atoms with van der Waals surface area (Å²) in [6.07, 6.45) is 2.15. The lowest BCUT2D eigenvalue weighted by Crippen LogP contribution is -2.31. The lowest BCUT2D eigenvalue weighted by atomic mass is 9.82. The summed E-state index contributed by atoms with van der Waals surface area (Å²) in [5.74, 6) is 2.17. The second-order valence-corrected chi connectivity index (χ2v) is 6.29. The molecule has 3 rings (SSSR count). The van der Waals surface area contributed by atoms with Crippen LogP contribution in [-0.2, 0) is 17.2 Å². The Morgan fingerprint density at radius 2 is 2.14 bits per heavy atom. The first kappa shape index (κ1) is 14.7. The molecular weight excluding hydrogens is 288 g/mol. The summed E-state index contributed by atoms with van der Waals surface area (Å²) < 4.78 is 13.0. The number of rotatable bonds is 4. The first-order valence-corrected chi connectivity index (χ1v) is 7.85. The number of hydrogen-bond acceptors (Lipinski definition) is 3. The number of imidazole rings is 1. The molecule has 0 N–H and O–H groups in total. The summed E-state index contributed by atoms with van der Waals surface area (Å²) in [5, 5.41) is 0. The third-order valence-corrected chi connectivity index (χ3v) is 4.63. The van der Waals surface area contributed by atoms with Crippen molar-refractivity contribution in [2.24, 2.45) is 5.41 Å². The Morgan fingerprint density at radius 3 is 2.81 bits per heavy atom. The first-order valence-electron chi connectivity index (χ1n) is 7.32. The molecule has 2 heterocycles. The zero-order valence-electron chi connectivity index (χ0n) is 12.6. The van der Waals surface area contributed by atoms with E-state index in [1.54, 1.807) is 7.11 Å². The number of methoxy groups -OCH3 is 1. The minimum Gasteiger partial charge on any atom is -0.497 e. The van der Waals surface area contributed by atoms with Gasteiger partial charge in [0.05, 0.1) is 24.0 Å². The van der Waals surface area contributed by atoms with E-state index in [1.807, 2.05) is 12.1 Å². The van der Waals surface area contributed by atoms with E-state index in [4.69, 9.17) is 21.1 Å². The second-order valence-electron chi connectivity index (χ2n) is 6.03. The molecular formula is C16H21ClN2O2. The third-order valence-electron chi connectivity index (χ3n) is 4.39. The van der Waals surface area contributed by atoms with Gasteiger partial charge in [-0.1, -0.05) is 6.92 Å². The maximum absolute atomic E-state index is 6.10. The van der Waals surface area contributed by atoms with Gasteiger partial charge in [0, 0.05) is 25.8 Å². The maximum atomic E-state index is 6.10. The fraction of sp³-hybridized carbons (Fsp3) is 0.562. The lowest BCUT2D eigenvalue weighted by molar-refractivity contribution is 0.0157. The average molecular weight is 309 g/mol. The monoisotopic (exact) mass is 308 g/mol. The van der Waals surface area contributed by atoms with Crippen molar-refractivity contribution in [2.75, 3.05) is 20.3 Å². The SMILES string of the molecule is COc1ccc2c(c1)nc(CCl)n2CC1(C)CCOCC1. The van der Waals surface area contributed by atoms with E-state index in [0.29, 0.717) is 5.88 Å². The number of hydrogen-bond donors (Lipinski definition) is 0. The van der Waals surface area contributed by atoms with Gasteiger partial charge in [-0.25, -0.2) is 4.98 Å². The summed E-state index contributed by atoms with van der Waals surface area (Å²) in [7, 11) is 1.67. The van der Waals surface area contributed by atoms with Crippen molar-refractivity contribution in [1.29, 1.82) is 0 Å². The van der Waals surface area contributed by atoms with Crippen LogP contribution < -0.4 is 4.74 Å². The molecule has 1 aliphatic heterocycles. The molecule has 0 saturated carbocycles. The number of ether oxygens (including phenoxy) is 2. The Hall–Kier alpha value is -1.26. The zero-order valence-corrected chi connectivity index (χ0v) is 13.3. The van der Waals surface area contributed by atoms with Crippen LogP contribution in [0.2, 0.25) is 0 Å². The molecule has 0 bridgehead atoms. The Morgan fingerprint density at radius 1 is 1.38 bits per heavy atom. The molecule has 21 heavy (non-hydrogen) atoms. The van der Waals surface area contributed by atoms with Gasteiger partial charge in [-0.05, 0) is 30.4 Å². The van der Waals surface area contributed by atoms with Crippen LogP contribution in [0.25, 0.3) is 11.0 Å². The van der Waals surface area contributed by atoms with Gasteiger partial charge in [0.25, 0.3) is 0 Å². The van der Waals surface area contributed by atoms with Gasteiger partial charge in [0.2, 0.25) is 0 Å². The minimum atomic E-state index is 0.243. The summed E-state index contributed by atoms with van der Waals surface area (Å²) >= 11 is 6.10. The zero-order chi connectivity index (χ0) is 14.9. The molecule has 114 valence electrons. The fourth-order valence-corrected chi connectivity index (χ4v) is 3.17. The number of aromatic nitrogens is 2. The van der Waals surface area contributed by atoms with Crippen molar-refractivity contribution in [3.05, 3.63) is 24.0 Å². The molecule has 2 aromatic rings. The largest absolute Gasteiger partial charge is 0.497 e. The third kappa shape index (κ3) is 2.87. The smallest absolute Gasteiger partial charge is 0.124 e. The Kier molecular flexibility index (Phi) is 4.09. The van der Waals surface area contributed by atoms with Crippen LogP contribution in [0.3, 0.4) is 0 Å². The van der Waals surface area contributed by atoms with Gasteiger partial charge in [-0.2, -0.15) is 0 Å². The van der Waals surface area contributed by atoms with Crippen molar-refractivity contribution < 1.29 is 9.47 Å². The molecule has 0 spiro atoms. The normalized spacial score (nSPS) is 18.0. The van der Waals surface area contributed by atoms with E-state index >= 15 is 0 Å². The first-order chi connectivity index (χ1) is 10.1. The Balaban J connectivity index is 1.99. The molecule has 0 atom stereocenters. The average Bonchev–Trinajstić information content (AvgIpc) is 2.84. The van der Waals surface area contributed by atoms with E-state index < -0.39 is 0 Å². The van der Waals surface area contributed by atoms with Gasteiger partial charge in [0.1, 0.15) is 11.6 Å². The van der Waals surface area contributed by atoms with Gasteiger partial charge in [0.15, 0.2) is 0 Å². The topological polar surface area (TPSA) is 36.3 Å². The van der Waals surface area contributed by atoms with Gasteiger partial charge >= 0.3 is 0 Å². The van der Waals surface area contributed by atoms with Crippen LogP contribution in [0.4, 0.5) is 0 Å². The number of fused-ring (bicyclic) bond motifs is 1. The summed E-state index contributed by atoms with van der Waals surface area (Å²) in [4.78, 5) is 4.66. The molecule has 4 nitrogen and oxygen atoms in total. The molecule has 1 aliphatic rings. The van der Waals surface area contributed by atoms with Crippen molar-refractivity contribution in [2.45, 2.75) is 32.2 Å². The van der Waals surface area contributed by atoms with Crippen molar-refractivity contribution in [1.82, 2.24) is 9.55 Å². The summed E-state index contributed by atoms with van der Waals surface area (Å²) in [5.41, 5.74) is 2.31. The molecule has 0 unspecified atom stereocenters. The van der Waals surface area contributed by atoms with Gasteiger partial charge in [-0.15, -0.1) is 11.6 Å². The van der Waals surface area contributed by atoms with Gasteiger partial charge in [-0.3, -0.25) is 0 Å². The summed E-state index contributed by atoms with van der Waals surface area (Å²) in [6, 6.07) is 6.01. The quantitative estimate of drug-likeness (QED) is 0.810. The number of halogens is 1. The highest BCUT2D eigenvalue weighted by Gasteiger charge is 2.29. The minimum absolute atomic E-state index is 0.243. The van der Waals surface area contributed by atoms with E-state index in [1.165, 1.54) is 0 Å². The highest BCUT2D eigenvalue weighted by atomic mass is 35.5. The Labute approximate surface area is 130 Å². The summed E-state index contributed by atoms with van der Waals surface area (Å²) in [6.45, 7) is 4.93. The van der Waals surface area contributed by atoms with Crippen molar-refractivity contribution in [3.8, 4) is 5.75 Å². The van der Waals surface area contributed by atoms with Crippen LogP contribution in [-0.4, -0.2) is 29.9 Å². The number of nitrogens with zero attached hydrogens (tertiary/aromatic N) is 2. The number of alkyl halides is 1. The van der Waals surface area contributed by atoms with E-state index in [0.717, 1.165) is 55.2 Å². The van der Waals surface area contributed by atoms with E-state index in [2.05, 4.69) is 22.5 Å². The van der Waals surface area contributed by atoms with Crippen molar-refractivity contribution in [3.63, 3.8) is 0 Å². The molecule has 5 heteroatoms. The second kappa shape index (κ2) is 5.85. The van der Waals surface area contributed by atoms with E-state index in [9.17, 15) is 0 Å². The van der Waals surface area contributed by atoms with Crippen LogP contribution in [0.5, 0.6) is 5.75 Å². The predicted molar refractivity (Wildman–Crippen MR) is 84.0 cm³/mol. The molecule has 1 aromatic carbocycles. The van der Waals surface area contributed by atoms with Crippen molar-refractivity contribution >= 4 is 22.6 Å². The molecule has 0 radical (unpaired) electrons. The molecule has 0 aliphatic carbocycles. The van der Waals surface area contributed by atoms with Crippen LogP contribution in [0.1, 0.15) is 25.6 Å². The van der Waals surface area contributed by atoms with E-state index in [-0.39, 0.29) is 5.41 Å². The molecule has 1 saturated heterocycles.